The van der Waals surface area contributed by atoms with Crippen molar-refractivity contribution in [2.75, 3.05) is 18.5 Å². The fraction of sp³-hybridized carbons (Fsp3) is 0.130. The van der Waals surface area contributed by atoms with Crippen molar-refractivity contribution in [1.29, 1.82) is 0 Å². The number of hydrogen-bond donors (Lipinski definition) is 3. The molecule has 4 N–H and O–H groups in total. The second-order valence-corrected chi connectivity index (χ2v) is 7.61. The van der Waals surface area contributed by atoms with Gasteiger partial charge in [-0.1, -0.05) is 36.4 Å². The zero-order valence-corrected chi connectivity index (χ0v) is 16.3. The lowest BCUT2D eigenvalue weighted by Crippen LogP contribution is -2.22. The van der Waals surface area contributed by atoms with Gasteiger partial charge in [0, 0.05) is 47.2 Å². The van der Waals surface area contributed by atoms with E-state index < -0.39 is 0 Å². The fourth-order valence-corrected chi connectivity index (χ4v) is 4.91. The summed E-state index contributed by atoms with van der Waals surface area (Å²) in [4.78, 5) is 25.9. The monoisotopic (exact) mass is 397 g/mol. The molecule has 0 saturated carbocycles. The number of benzene rings is 3. The highest BCUT2D eigenvalue weighted by Gasteiger charge is 2.36. The molecule has 0 unspecified atom stereocenters. The van der Waals surface area contributed by atoms with Gasteiger partial charge in [0.2, 0.25) is 0 Å². The van der Waals surface area contributed by atoms with E-state index in [0.717, 1.165) is 43.6 Å². The summed E-state index contributed by atoms with van der Waals surface area (Å²) in [6.07, 6.45) is 0. The number of aromatic nitrogens is 2. The number of imide groups is 1. The van der Waals surface area contributed by atoms with E-state index >= 15 is 0 Å². The largest absolute Gasteiger partial charge is 0.342 e. The zero-order valence-electron chi connectivity index (χ0n) is 16.3. The Morgan fingerprint density at radius 3 is 2.10 bits per heavy atom. The van der Waals surface area contributed by atoms with E-state index in [1.807, 2.05) is 60.3 Å². The third-order valence-corrected chi connectivity index (χ3v) is 6.05. The summed E-state index contributed by atoms with van der Waals surface area (Å²) in [5.74, 6) is -0.693. The van der Waals surface area contributed by atoms with Crippen LogP contribution < -0.4 is 16.5 Å². The molecule has 0 aliphatic carbocycles. The number of carbonyl (C=O) groups is 2. The summed E-state index contributed by atoms with van der Waals surface area (Å²) < 4.78 is 4.11. The molecule has 2 aromatic heterocycles. The Hall–Kier alpha value is -3.84. The first-order chi connectivity index (χ1) is 14.6. The smallest absolute Gasteiger partial charge is 0.259 e. The van der Waals surface area contributed by atoms with Gasteiger partial charge in [-0.25, -0.2) is 0 Å². The first-order valence-electron chi connectivity index (χ1n) is 9.89. The molecule has 148 valence electrons. The van der Waals surface area contributed by atoms with Crippen molar-refractivity contribution in [3.63, 3.8) is 0 Å². The van der Waals surface area contributed by atoms with Crippen molar-refractivity contribution in [3.05, 3.63) is 59.7 Å². The van der Waals surface area contributed by atoms with Gasteiger partial charge in [-0.3, -0.25) is 19.6 Å². The lowest BCUT2D eigenvalue weighted by Gasteiger charge is -2.12. The van der Waals surface area contributed by atoms with Gasteiger partial charge >= 0.3 is 0 Å². The van der Waals surface area contributed by atoms with Crippen LogP contribution in [0.3, 0.4) is 0 Å². The van der Waals surface area contributed by atoms with Gasteiger partial charge in [0.05, 0.1) is 27.7 Å². The highest BCUT2D eigenvalue weighted by Crippen LogP contribution is 2.43. The maximum Gasteiger partial charge on any atom is 0.259 e. The predicted molar refractivity (Wildman–Crippen MR) is 119 cm³/mol. The van der Waals surface area contributed by atoms with Gasteiger partial charge in [0.1, 0.15) is 0 Å². The molecule has 30 heavy (non-hydrogen) atoms. The number of nitrogens with one attached hydrogen (secondary N) is 2. The molecular formula is C23H19N5O2. The van der Waals surface area contributed by atoms with Gasteiger partial charge in [-0.15, -0.1) is 0 Å². The highest BCUT2D eigenvalue weighted by atomic mass is 16.2. The summed E-state index contributed by atoms with van der Waals surface area (Å²) in [6.45, 7) is 1.04. The average Bonchev–Trinajstić information content (AvgIpc) is 3.35. The molecule has 0 spiro atoms. The van der Waals surface area contributed by atoms with E-state index in [1.54, 1.807) is 0 Å². The standard InChI is InChI=1S/C23H19N5O2/c1-27-14-8-4-2-6-12(14)16-18-19(23(30)26-22(18)29)17-13-7-3-5-9-15(13)28(25-11-10-24)21(17)20(16)27/h2-9,25H,10-11,24H2,1H3,(H,26,29,30). The number of hydrogen-bond acceptors (Lipinski definition) is 4. The SMILES string of the molecule is Cn1c2ccccc2c2c3c(c4c5ccccc5n(NCCN)c4c21)C(=O)NC3=O. The molecule has 3 heterocycles. The summed E-state index contributed by atoms with van der Waals surface area (Å²) in [5.41, 5.74) is 13.8. The fourth-order valence-electron chi connectivity index (χ4n) is 4.91. The molecule has 0 bridgehead atoms. The quantitative estimate of drug-likeness (QED) is 0.408. The van der Waals surface area contributed by atoms with Crippen LogP contribution in [0.15, 0.2) is 48.5 Å². The van der Waals surface area contributed by atoms with Crippen LogP contribution >= 0.6 is 0 Å². The van der Waals surface area contributed by atoms with Gasteiger partial charge in [0.15, 0.2) is 0 Å². The number of rotatable bonds is 3. The van der Waals surface area contributed by atoms with Crippen LogP contribution in [-0.2, 0) is 7.05 Å². The van der Waals surface area contributed by atoms with E-state index in [4.69, 9.17) is 5.73 Å². The van der Waals surface area contributed by atoms with Crippen molar-refractivity contribution in [3.8, 4) is 0 Å². The third kappa shape index (κ3) is 1.92. The van der Waals surface area contributed by atoms with Gasteiger partial charge < -0.3 is 15.7 Å². The Labute approximate surface area is 171 Å². The minimum absolute atomic E-state index is 0.343. The predicted octanol–water partition coefficient (Wildman–Crippen LogP) is 2.83. The third-order valence-electron chi connectivity index (χ3n) is 6.05. The molecular weight excluding hydrogens is 378 g/mol. The second-order valence-electron chi connectivity index (χ2n) is 7.61. The molecule has 0 saturated heterocycles. The average molecular weight is 397 g/mol. The molecule has 0 fully saturated rings. The van der Waals surface area contributed by atoms with Crippen LogP contribution in [0.1, 0.15) is 20.7 Å². The first-order valence-corrected chi connectivity index (χ1v) is 9.89. The molecule has 1 aliphatic rings. The molecule has 0 radical (unpaired) electrons. The highest BCUT2D eigenvalue weighted by molar-refractivity contribution is 6.39. The van der Waals surface area contributed by atoms with E-state index in [1.165, 1.54) is 0 Å². The first kappa shape index (κ1) is 17.1. The van der Waals surface area contributed by atoms with Gasteiger partial charge in [-0.2, -0.15) is 0 Å². The van der Waals surface area contributed by atoms with Crippen molar-refractivity contribution >= 4 is 55.4 Å². The van der Waals surface area contributed by atoms with Crippen LogP contribution in [0.4, 0.5) is 0 Å². The number of amides is 2. The number of para-hydroxylation sites is 2. The van der Waals surface area contributed by atoms with Crippen LogP contribution in [0.5, 0.6) is 0 Å². The van der Waals surface area contributed by atoms with E-state index in [9.17, 15) is 9.59 Å². The summed E-state index contributed by atoms with van der Waals surface area (Å²) in [6, 6.07) is 15.9. The minimum atomic E-state index is -0.350. The summed E-state index contributed by atoms with van der Waals surface area (Å²) in [5, 5.41) is 5.98. The Morgan fingerprint density at radius 2 is 1.43 bits per heavy atom. The van der Waals surface area contributed by atoms with E-state index in [2.05, 4.69) is 15.3 Å². The molecule has 1 aliphatic heterocycles. The molecule has 3 aromatic carbocycles. The van der Waals surface area contributed by atoms with Crippen molar-refractivity contribution in [2.24, 2.45) is 12.8 Å². The summed E-state index contributed by atoms with van der Waals surface area (Å²) >= 11 is 0. The number of carbonyl (C=O) groups excluding carboxylic acids is 2. The van der Waals surface area contributed by atoms with Crippen molar-refractivity contribution in [1.82, 2.24) is 14.6 Å². The molecule has 2 amide bonds. The van der Waals surface area contributed by atoms with E-state index in [0.29, 0.717) is 24.2 Å². The van der Waals surface area contributed by atoms with Crippen molar-refractivity contribution < 1.29 is 9.59 Å². The summed E-state index contributed by atoms with van der Waals surface area (Å²) in [7, 11) is 2.00. The normalized spacial score (nSPS) is 13.7. The van der Waals surface area contributed by atoms with Gasteiger partial charge in [-0.05, 0) is 12.1 Å². The Kier molecular flexibility index (Phi) is 3.32. The van der Waals surface area contributed by atoms with Crippen LogP contribution in [-0.4, -0.2) is 34.1 Å². The van der Waals surface area contributed by atoms with Gasteiger partial charge in [0.25, 0.3) is 11.8 Å². The maximum atomic E-state index is 13.0. The molecule has 5 aromatic rings. The number of nitrogens with two attached hydrogens (primary N) is 1. The lowest BCUT2D eigenvalue weighted by molar-refractivity contribution is 0.0880. The van der Waals surface area contributed by atoms with Crippen LogP contribution in [0.25, 0.3) is 43.6 Å². The number of fused-ring (bicyclic) bond motifs is 10. The number of nitrogens with zero attached hydrogens (tertiary/aromatic N) is 2. The zero-order chi connectivity index (χ0) is 20.6. The van der Waals surface area contributed by atoms with Crippen LogP contribution in [0, 0.1) is 0 Å². The Balaban J connectivity index is 1.99. The Morgan fingerprint density at radius 1 is 0.867 bits per heavy atom. The Bertz CT molecular complexity index is 1560. The van der Waals surface area contributed by atoms with Crippen molar-refractivity contribution in [2.45, 2.75) is 0 Å². The lowest BCUT2D eigenvalue weighted by atomic mass is 9.97. The number of aryl methyl sites for hydroxylation is 1. The minimum Gasteiger partial charge on any atom is -0.342 e. The maximum absolute atomic E-state index is 13.0. The molecule has 7 nitrogen and oxygen atoms in total. The molecule has 6 rings (SSSR count). The second kappa shape index (κ2) is 5.84. The molecule has 7 heteroatoms. The van der Waals surface area contributed by atoms with E-state index in [-0.39, 0.29) is 11.8 Å². The van der Waals surface area contributed by atoms with Crippen LogP contribution in [0.2, 0.25) is 0 Å². The molecule has 0 atom stereocenters. The topological polar surface area (TPSA) is 94.1 Å².